The molecule has 0 heterocycles. The van der Waals surface area contributed by atoms with Crippen LogP contribution in [0.15, 0.2) is 72.8 Å². The molecule has 0 radical (unpaired) electrons. The summed E-state index contributed by atoms with van der Waals surface area (Å²) in [7, 11) is 0. The van der Waals surface area contributed by atoms with E-state index in [1.807, 2.05) is 30.3 Å². The number of ether oxygens (including phenoxy) is 2. The van der Waals surface area contributed by atoms with E-state index in [2.05, 4.69) is 4.74 Å². The summed E-state index contributed by atoms with van der Waals surface area (Å²) in [5.41, 5.74) is 2.70. The maximum atomic E-state index is 12.3. The minimum atomic E-state index is -4.76. The second kappa shape index (κ2) is 8.68. The second-order valence-corrected chi connectivity index (χ2v) is 6.24. The van der Waals surface area contributed by atoms with Crippen molar-refractivity contribution in [2.24, 2.45) is 0 Å². The Morgan fingerprint density at radius 3 is 2.17 bits per heavy atom. The van der Waals surface area contributed by atoms with E-state index in [4.69, 9.17) is 4.74 Å². The summed E-state index contributed by atoms with van der Waals surface area (Å²) in [4.78, 5) is 11.2. The van der Waals surface area contributed by atoms with E-state index in [1.54, 1.807) is 18.2 Å². The van der Waals surface area contributed by atoms with Crippen molar-refractivity contribution in [2.75, 3.05) is 0 Å². The van der Waals surface area contributed by atoms with E-state index >= 15 is 0 Å². The van der Waals surface area contributed by atoms with Crippen LogP contribution < -0.4 is 9.47 Å². The van der Waals surface area contributed by atoms with Crippen LogP contribution in [0.4, 0.5) is 13.2 Å². The number of benzene rings is 3. The predicted molar refractivity (Wildman–Crippen MR) is 101 cm³/mol. The van der Waals surface area contributed by atoms with E-state index in [1.165, 1.54) is 24.3 Å². The van der Waals surface area contributed by atoms with E-state index < -0.39 is 12.3 Å². The Hall–Kier alpha value is -3.48. The summed E-state index contributed by atoms with van der Waals surface area (Å²) < 4.78 is 46.5. The lowest BCUT2D eigenvalue weighted by Crippen LogP contribution is -2.16. The van der Waals surface area contributed by atoms with E-state index in [-0.39, 0.29) is 18.8 Å². The maximum Gasteiger partial charge on any atom is 0.573 e. The summed E-state index contributed by atoms with van der Waals surface area (Å²) in [6.45, 7) is 0.288. The molecule has 3 rings (SSSR count). The lowest BCUT2D eigenvalue weighted by Gasteiger charge is -2.13. The van der Waals surface area contributed by atoms with Gasteiger partial charge in [-0.3, -0.25) is 4.79 Å². The zero-order valence-corrected chi connectivity index (χ0v) is 15.1. The van der Waals surface area contributed by atoms with Crippen LogP contribution in [0.1, 0.15) is 11.1 Å². The third-order valence-electron chi connectivity index (χ3n) is 4.06. The first-order chi connectivity index (χ1) is 13.8. The van der Waals surface area contributed by atoms with Gasteiger partial charge in [0.1, 0.15) is 18.1 Å². The monoisotopic (exact) mass is 402 g/mol. The van der Waals surface area contributed by atoms with Gasteiger partial charge in [-0.2, -0.15) is 0 Å². The van der Waals surface area contributed by atoms with Gasteiger partial charge in [-0.25, -0.2) is 0 Å². The van der Waals surface area contributed by atoms with Crippen LogP contribution in [0.25, 0.3) is 11.1 Å². The highest BCUT2D eigenvalue weighted by Crippen LogP contribution is 2.30. The van der Waals surface area contributed by atoms with Crippen molar-refractivity contribution in [1.29, 1.82) is 0 Å². The maximum absolute atomic E-state index is 12.3. The molecule has 0 amide bonds. The normalized spacial score (nSPS) is 11.1. The molecule has 0 saturated carbocycles. The van der Waals surface area contributed by atoms with E-state index in [0.717, 1.165) is 5.56 Å². The van der Waals surface area contributed by atoms with Gasteiger partial charge in [0, 0.05) is 5.56 Å². The largest absolute Gasteiger partial charge is 0.573 e. The Bertz CT molecular complexity index is 968. The van der Waals surface area contributed by atoms with Crippen molar-refractivity contribution < 1.29 is 32.5 Å². The molecule has 1 N–H and O–H groups in total. The first-order valence-electron chi connectivity index (χ1n) is 8.68. The molecular formula is C22H17F3O4. The molecule has 0 saturated heterocycles. The average molecular weight is 402 g/mol. The number of rotatable bonds is 7. The molecule has 0 aliphatic carbocycles. The van der Waals surface area contributed by atoms with Crippen molar-refractivity contribution in [2.45, 2.75) is 19.4 Å². The number of carboxylic acid groups (broad SMARTS) is 1. The fourth-order valence-corrected chi connectivity index (χ4v) is 2.79. The van der Waals surface area contributed by atoms with Crippen LogP contribution in [-0.2, 0) is 17.8 Å². The van der Waals surface area contributed by atoms with Crippen molar-refractivity contribution in [3.8, 4) is 22.6 Å². The SMILES string of the molecule is O=C(O)Cc1cc(-c2ccc(OC(F)(F)F)cc2)ccc1OCc1ccccc1. The Kier molecular flexibility index (Phi) is 6.07. The molecule has 0 unspecified atom stereocenters. The molecule has 0 bridgehead atoms. The van der Waals surface area contributed by atoms with Crippen LogP contribution in [0, 0.1) is 0 Å². The first kappa shape index (κ1) is 20.3. The summed E-state index contributed by atoms with van der Waals surface area (Å²) in [5.74, 6) is -0.896. The summed E-state index contributed by atoms with van der Waals surface area (Å²) in [5, 5.41) is 9.20. The highest BCUT2D eigenvalue weighted by molar-refractivity contribution is 5.74. The smallest absolute Gasteiger partial charge is 0.489 e. The highest BCUT2D eigenvalue weighted by Gasteiger charge is 2.30. The zero-order valence-electron chi connectivity index (χ0n) is 15.1. The third-order valence-corrected chi connectivity index (χ3v) is 4.06. The van der Waals surface area contributed by atoms with Gasteiger partial charge in [0.15, 0.2) is 0 Å². The number of carbonyl (C=O) groups is 1. The molecule has 0 aliphatic rings. The van der Waals surface area contributed by atoms with Gasteiger partial charge in [-0.15, -0.1) is 13.2 Å². The Morgan fingerprint density at radius 1 is 0.897 bits per heavy atom. The van der Waals surface area contributed by atoms with Crippen LogP contribution >= 0.6 is 0 Å². The molecule has 3 aromatic rings. The van der Waals surface area contributed by atoms with Gasteiger partial charge in [0.05, 0.1) is 6.42 Å². The van der Waals surface area contributed by atoms with Crippen LogP contribution in [-0.4, -0.2) is 17.4 Å². The zero-order chi connectivity index (χ0) is 20.9. The van der Waals surface area contributed by atoms with Crippen LogP contribution in [0.5, 0.6) is 11.5 Å². The van der Waals surface area contributed by atoms with Crippen molar-refractivity contribution >= 4 is 5.97 Å². The Balaban J connectivity index is 1.82. The van der Waals surface area contributed by atoms with Crippen LogP contribution in [0.2, 0.25) is 0 Å². The fourth-order valence-electron chi connectivity index (χ4n) is 2.79. The summed E-state index contributed by atoms with van der Waals surface area (Å²) >= 11 is 0. The van der Waals surface area contributed by atoms with Crippen molar-refractivity contribution in [3.05, 3.63) is 83.9 Å². The second-order valence-electron chi connectivity index (χ2n) is 6.24. The van der Waals surface area contributed by atoms with Gasteiger partial charge in [0.2, 0.25) is 0 Å². The van der Waals surface area contributed by atoms with Gasteiger partial charge in [-0.05, 0) is 41.0 Å². The van der Waals surface area contributed by atoms with E-state index in [0.29, 0.717) is 22.4 Å². The lowest BCUT2D eigenvalue weighted by molar-refractivity contribution is -0.274. The summed E-state index contributed by atoms with van der Waals surface area (Å²) in [6, 6.07) is 19.9. The molecule has 150 valence electrons. The topological polar surface area (TPSA) is 55.8 Å². The number of hydrogen-bond acceptors (Lipinski definition) is 3. The average Bonchev–Trinajstić information content (AvgIpc) is 2.67. The fraction of sp³-hybridized carbons (Fsp3) is 0.136. The molecule has 0 atom stereocenters. The molecular weight excluding hydrogens is 385 g/mol. The molecule has 0 spiro atoms. The van der Waals surface area contributed by atoms with Crippen molar-refractivity contribution in [1.82, 2.24) is 0 Å². The lowest BCUT2D eigenvalue weighted by atomic mass is 10.0. The van der Waals surface area contributed by atoms with Gasteiger partial charge < -0.3 is 14.6 Å². The predicted octanol–water partition coefficient (Wildman–Crippen LogP) is 5.46. The Morgan fingerprint density at radius 2 is 1.55 bits per heavy atom. The number of carboxylic acids is 1. The molecule has 4 nitrogen and oxygen atoms in total. The molecule has 3 aromatic carbocycles. The third kappa shape index (κ3) is 6.00. The molecule has 7 heteroatoms. The van der Waals surface area contributed by atoms with Gasteiger partial charge in [0.25, 0.3) is 0 Å². The highest BCUT2D eigenvalue weighted by atomic mass is 19.4. The molecule has 0 aromatic heterocycles. The van der Waals surface area contributed by atoms with Crippen LogP contribution in [0.3, 0.4) is 0 Å². The van der Waals surface area contributed by atoms with Gasteiger partial charge in [-0.1, -0.05) is 48.5 Å². The summed E-state index contributed by atoms with van der Waals surface area (Å²) in [6.07, 6.45) is -5.00. The Labute approximate surface area is 165 Å². The number of halogens is 3. The minimum Gasteiger partial charge on any atom is -0.489 e. The molecule has 0 fully saturated rings. The number of hydrogen-bond donors (Lipinski definition) is 1. The van der Waals surface area contributed by atoms with Gasteiger partial charge >= 0.3 is 12.3 Å². The van der Waals surface area contributed by atoms with Crippen molar-refractivity contribution in [3.63, 3.8) is 0 Å². The minimum absolute atomic E-state index is 0.243. The number of alkyl halides is 3. The first-order valence-corrected chi connectivity index (χ1v) is 8.68. The quantitative estimate of drug-likeness (QED) is 0.570. The van der Waals surface area contributed by atoms with E-state index in [9.17, 15) is 23.1 Å². The molecule has 0 aliphatic heterocycles. The number of aliphatic carboxylic acids is 1. The standard InChI is InChI=1S/C22H17F3O4/c23-22(24,25)29-19-9-6-16(7-10-19)17-8-11-20(18(12-17)13-21(26)27)28-14-15-4-2-1-3-5-15/h1-12H,13-14H2,(H,26,27). The molecule has 29 heavy (non-hydrogen) atoms.